The molecule has 2 aromatic heterocycles. The summed E-state index contributed by atoms with van der Waals surface area (Å²) in [6, 6.07) is 0. The van der Waals surface area contributed by atoms with Gasteiger partial charge in [-0.1, -0.05) is 0 Å². The summed E-state index contributed by atoms with van der Waals surface area (Å²) in [4.78, 5) is 4.12. The van der Waals surface area contributed by atoms with Gasteiger partial charge in [-0.2, -0.15) is 5.10 Å². The number of hydrogen-bond donors (Lipinski definition) is 1. The van der Waals surface area contributed by atoms with Crippen LogP contribution in [0.3, 0.4) is 0 Å². The van der Waals surface area contributed by atoms with Crippen LogP contribution in [-0.4, -0.2) is 21.3 Å². The molecule has 0 aliphatic carbocycles. The first-order chi connectivity index (χ1) is 7.74. The highest BCUT2D eigenvalue weighted by Gasteiger charge is 2.00. The Morgan fingerprint density at radius 1 is 1.44 bits per heavy atom. The summed E-state index contributed by atoms with van der Waals surface area (Å²) in [6.45, 7) is 3.47. The molecule has 0 unspecified atom stereocenters. The molecule has 0 fully saturated rings. The summed E-state index contributed by atoms with van der Waals surface area (Å²) in [5, 5.41) is 7.39. The zero-order chi connectivity index (χ0) is 11.4. The van der Waals surface area contributed by atoms with Gasteiger partial charge in [0.1, 0.15) is 5.76 Å². The first-order valence-corrected chi connectivity index (χ1v) is 5.33. The zero-order valence-corrected chi connectivity index (χ0v) is 9.60. The van der Waals surface area contributed by atoms with Crippen molar-refractivity contribution in [1.82, 2.24) is 20.1 Å². The van der Waals surface area contributed by atoms with Crippen LogP contribution < -0.4 is 5.32 Å². The van der Waals surface area contributed by atoms with Crippen molar-refractivity contribution in [2.45, 2.75) is 19.9 Å². The minimum atomic E-state index is 0.675. The van der Waals surface area contributed by atoms with Gasteiger partial charge in [0.2, 0.25) is 5.89 Å². The van der Waals surface area contributed by atoms with E-state index in [1.165, 1.54) is 5.56 Å². The number of hydrogen-bond acceptors (Lipinski definition) is 4. The van der Waals surface area contributed by atoms with Gasteiger partial charge in [0.15, 0.2) is 0 Å². The molecule has 16 heavy (non-hydrogen) atoms. The van der Waals surface area contributed by atoms with E-state index in [0.29, 0.717) is 6.54 Å². The van der Waals surface area contributed by atoms with Gasteiger partial charge in [0, 0.05) is 13.2 Å². The van der Waals surface area contributed by atoms with Crippen molar-refractivity contribution in [3.63, 3.8) is 0 Å². The Kier molecular flexibility index (Phi) is 3.36. The molecule has 0 saturated heterocycles. The molecule has 1 N–H and O–H groups in total. The van der Waals surface area contributed by atoms with Gasteiger partial charge >= 0.3 is 0 Å². The minimum Gasteiger partial charge on any atom is -0.445 e. The topological polar surface area (TPSA) is 55.9 Å². The van der Waals surface area contributed by atoms with Crippen molar-refractivity contribution < 1.29 is 4.42 Å². The van der Waals surface area contributed by atoms with Gasteiger partial charge in [-0.3, -0.25) is 4.68 Å². The van der Waals surface area contributed by atoms with Crippen LogP contribution in [0, 0.1) is 6.92 Å². The highest BCUT2D eigenvalue weighted by molar-refractivity contribution is 5.03. The van der Waals surface area contributed by atoms with Crippen LogP contribution in [-0.2, 0) is 20.0 Å². The third-order valence-electron chi connectivity index (χ3n) is 2.29. The van der Waals surface area contributed by atoms with E-state index in [9.17, 15) is 0 Å². The van der Waals surface area contributed by atoms with E-state index in [2.05, 4.69) is 15.4 Å². The predicted molar refractivity (Wildman–Crippen MR) is 59.9 cm³/mol. The van der Waals surface area contributed by atoms with Crippen molar-refractivity contribution in [1.29, 1.82) is 0 Å². The van der Waals surface area contributed by atoms with Crippen molar-refractivity contribution in [3.05, 3.63) is 35.8 Å². The second-order valence-electron chi connectivity index (χ2n) is 3.81. The lowest BCUT2D eigenvalue weighted by Crippen LogP contribution is -2.16. The standard InChI is InChI=1S/C11H16N4O/c1-9-5-13-11(16-9)7-12-4-3-10-6-14-15(2)8-10/h5-6,8,12H,3-4,7H2,1-2H3. The van der Waals surface area contributed by atoms with Gasteiger partial charge in [-0.05, 0) is 25.5 Å². The molecule has 0 aliphatic heterocycles. The summed E-state index contributed by atoms with van der Waals surface area (Å²) in [7, 11) is 1.92. The number of aryl methyl sites for hydroxylation is 2. The van der Waals surface area contributed by atoms with Crippen LogP contribution in [0.15, 0.2) is 23.0 Å². The molecule has 5 nitrogen and oxygen atoms in total. The van der Waals surface area contributed by atoms with E-state index in [1.807, 2.05) is 31.0 Å². The van der Waals surface area contributed by atoms with Crippen molar-refractivity contribution in [3.8, 4) is 0 Å². The van der Waals surface area contributed by atoms with E-state index >= 15 is 0 Å². The molecule has 2 aromatic rings. The summed E-state index contributed by atoms with van der Waals surface area (Å²) in [5.74, 6) is 1.59. The molecule has 0 aromatic carbocycles. The van der Waals surface area contributed by atoms with Gasteiger partial charge < -0.3 is 9.73 Å². The summed E-state index contributed by atoms with van der Waals surface area (Å²) >= 11 is 0. The molecule has 0 amide bonds. The van der Waals surface area contributed by atoms with E-state index < -0.39 is 0 Å². The highest BCUT2D eigenvalue weighted by Crippen LogP contribution is 2.01. The number of rotatable bonds is 5. The second kappa shape index (κ2) is 4.94. The van der Waals surface area contributed by atoms with Gasteiger partial charge in [0.05, 0.1) is 18.9 Å². The number of oxazole rings is 1. The Morgan fingerprint density at radius 3 is 2.94 bits per heavy atom. The normalized spacial score (nSPS) is 10.9. The van der Waals surface area contributed by atoms with Gasteiger partial charge in [-0.25, -0.2) is 4.98 Å². The fourth-order valence-electron chi connectivity index (χ4n) is 1.51. The third kappa shape index (κ3) is 2.93. The number of nitrogens with zero attached hydrogens (tertiary/aromatic N) is 3. The lowest BCUT2D eigenvalue weighted by molar-refractivity contribution is 0.450. The van der Waals surface area contributed by atoms with Crippen molar-refractivity contribution in [2.24, 2.45) is 7.05 Å². The quantitative estimate of drug-likeness (QED) is 0.765. The minimum absolute atomic E-state index is 0.675. The highest BCUT2D eigenvalue weighted by atomic mass is 16.4. The van der Waals surface area contributed by atoms with E-state index in [0.717, 1.165) is 24.6 Å². The largest absolute Gasteiger partial charge is 0.445 e. The van der Waals surface area contributed by atoms with Crippen LogP contribution in [0.4, 0.5) is 0 Å². The van der Waals surface area contributed by atoms with E-state index in [4.69, 9.17) is 4.42 Å². The first-order valence-electron chi connectivity index (χ1n) is 5.33. The molecule has 5 heteroatoms. The number of nitrogens with one attached hydrogen (secondary N) is 1. The summed E-state index contributed by atoms with van der Waals surface area (Å²) < 4.78 is 7.16. The molecular weight excluding hydrogens is 204 g/mol. The van der Waals surface area contributed by atoms with E-state index in [-0.39, 0.29) is 0 Å². The molecule has 2 rings (SSSR count). The Bertz CT molecular complexity index is 404. The third-order valence-corrected chi connectivity index (χ3v) is 2.29. The maximum absolute atomic E-state index is 5.35. The summed E-state index contributed by atoms with van der Waals surface area (Å²) in [5.41, 5.74) is 1.23. The molecule has 86 valence electrons. The lowest BCUT2D eigenvalue weighted by Gasteiger charge is -1.99. The average molecular weight is 220 g/mol. The molecule has 0 bridgehead atoms. The molecule has 0 saturated carbocycles. The van der Waals surface area contributed by atoms with E-state index in [1.54, 1.807) is 6.20 Å². The van der Waals surface area contributed by atoms with Crippen LogP contribution >= 0.6 is 0 Å². The Hall–Kier alpha value is -1.62. The summed E-state index contributed by atoms with van der Waals surface area (Å²) in [6.07, 6.45) is 6.61. The maximum Gasteiger partial charge on any atom is 0.208 e. The zero-order valence-electron chi connectivity index (χ0n) is 9.60. The molecule has 0 aliphatic rings. The van der Waals surface area contributed by atoms with Gasteiger partial charge in [-0.15, -0.1) is 0 Å². The van der Waals surface area contributed by atoms with Crippen LogP contribution in [0.5, 0.6) is 0 Å². The van der Waals surface area contributed by atoms with Crippen LogP contribution in [0.2, 0.25) is 0 Å². The van der Waals surface area contributed by atoms with Crippen molar-refractivity contribution in [2.75, 3.05) is 6.54 Å². The molecule has 0 radical (unpaired) electrons. The maximum atomic E-state index is 5.35. The van der Waals surface area contributed by atoms with Crippen LogP contribution in [0.25, 0.3) is 0 Å². The molecular formula is C11H16N4O. The average Bonchev–Trinajstić information content (AvgIpc) is 2.83. The Balaban J connectivity index is 1.69. The lowest BCUT2D eigenvalue weighted by atomic mass is 10.2. The Labute approximate surface area is 94.5 Å². The molecule has 0 spiro atoms. The number of aromatic nitrogens is 3. The fourth-order valence-corrected chi connectivity index (χ4v) is 1.51. The molecule has 0 atom stereocenters. The molecule has 2 heterocycles. The first kappa shape index (κ1) is 10.9. The second-order valence-corrected chi connectivity index (χ2v) is 3.81. The van der Waals surface area contributed by atoms with Crippen LogP contribution in [0.1, 0.15) is 17.2 Å². The predicted octanol–water partition coefficient (Wildman–Crippen LogP) is 1.05. The fraction of sp³-hybridized carbons (Fsp3) is 0.455. The van der Waals surface area contributed by atoms with Crippen molar-refractivity contribution >= 4 is 0 Å². The SMILES string of the molecule is Cc1cnc(CNCCc2cnn(C)c2)o1. The Morgan fingerprint density at radius 2 is 2.31 bits per heavy atom. The monoisotopic (exact) mass is 220 g/mol. The smallest absolute Gasteiger partial charge is 0.208 e. The van der Waals surface area contributed by atoms with Gasteiger partial charge in [0.25, 0.3) is 0 Å².